The molecule has 0 spiro atoms. The zero-order valence-corrected chi connectivity index (χ0v) is 16.7. The Labute approximate surface area is 148 Å². The highest BCUT2D eigenvalue weighted by Crippen LogP contribution is 2.65. The number of hydrogen-bond donors (Lipinski definition) is 0. The Kier molecular flexibility index (Phi) is 3.46. The van der Waals surface area contributed by atoms with E-state index in [0.29, 0.717) is 21.7 Å². The van der Waals surface area contributed by atoms with E-state index in [9.17, 15) is 0 Å². The zero-order chi connectivity index (χ0) is 17.4. The molecule has 0 saturated heterocycles. The van der Waals surface area contributed by atoms with Gasteiger partial charge in [0.1, 0.15) is 0 Å². The van der Waals surface area contributed by atoms with E-state index in [1.54, 1.807) is 0 Å². The molecule has 0 amide bonds. The van der Waals surface area contributed by atoms with Gasteiger partial charge in [-0.1, -0.05) is 41.5 Å². The summed E-state index contributed by atoms with van der Waals surface area (Å²) >= 11 is 0. The monoisotopic (exact) mass is 328 g/mol. The molecule has 2 heteroatoms. The van der Waals surface area contributed by atoms with E-state index in [-0.39, 0.29) is 0 Å². The molecule has 4 aliphatic carbocycles. The molecule has 4 unspecified atom stereocenters. The van der Waals surface area contributed by atoms with Crippen molar-refractivity contribution in [3.63, 3.8) is 0 Å². The molecule has 0 aromatic rings. The van der Waals surface area contributed by atoms with E-state index >= 15 is 0 Å². The van der Waals surface area contributed by atoms with Gasteiger partial charge in [-0.3, -0.25) is 9.98 Å². The SMILES string of the molecule is CC12CCC(C/C1=N/CC/N=C1\CC3CCC1(C)C3(C)C)C2(C)C. The average Bonchev–Trinajstić information content (AvgIpc) is 3.02. The van der Waals surface area contributed by atoms with Crippen molar-refractivity contribution in [1.29, 1.82) is 0 Å². The van der Waals surface area contributed by atoms with Crippen LogP contribution in [0.4, 0.5) is 0 Å². The third kappa shape index (κ3) is 1.89. The second-order valence-electron chi connectivity index (χ2n) is 10.6. The van der Waals surface area contributed by atoms with Crippen LogP contribution in [-0.2, 0) is 0 Å². The van der Waals surface area contributed by atoms with Gasteiger partial charge in [0, 0.05) is 22.3 Å². The first-order valence-corrected chi connectivity index (χ1v) is 10.2. The number of nitrogens with zero attached hydrogens (tertiary/aromatic N) is 2. The van der Waals surface area contributed by atoms with Crippen molar-refractivity contribution in [1.82, 2.24) is 0 Å². The molecule has 4 saturated carbocycles. The number of fused-ring (bicyclic) bond motifs is 4. The molecule has 4 fully saturated rings. The Bertz CT molecular complexity index is 557. The van der Waals surface area contributed by atoms with Crippen LogP contribution < -0.4 is 0 Å². The van der Waals surface area contributed by atoms with E-state index < -0.39 is 0 Å². The Balaban J connectivity index is 1.43. The van der Waals surface area contributed by atoms with Crippen LogP contribution in [0, 0.1) is 33.5 Å². The van der Waals surface area contributed by atoms with Gasteiger partial charge in [0.05, 0.1) is 13.1 Å². The van der Waals surface area contributed by atoms with E-state index in [0.717, 1.165) is 24.9 Å². The van der Waals surface area contributed by atoms with Crippen LogP contribution >= 0.6 is 0 Å². The molecule has 0 radical (unpaired) electrons. The van der Waals surface area contributed by atoms with Gasteiger partial charge in [-0.05, 0) is 61.2 Å². The fourth-order valence-electron chi connectivity index (χ4n) is 6.70. The van der Waals surface area contributed by atoms with Gasteiger partial charge < -0.3 is 0 Å². The topological polar surface area (TPSA) is 24.7 Å². The molecule has 4 bridgehead atoms. The smallest absolute Gasteiger partial charge is 0.0584 e. The average molecular weight is 329 g/mol. The summed E-state index contributed by atoms with van der Waals surface area (Å²) < 4.78 is 0. The molecular weight excluding hydrogens is 292 g/mol. The third-order valence-corrected chi connectivity index (χ3v) is 9.73. The molecule has 24 heavy (non-hydrogen) atoms. The standard InChI is InChI=1S/C22H36N2/c1-19(2)15-7-9-21(19,5)17(13-15)23-11-12-24-18-14-16-8-10-22(18,6)20(16,3)4/h15-16H,7-14H2,1-6H3/b23-17-,24-18+. The Hall–Kier alpha value is -0.660. The molecule has 0 aliphatic heterocycles. The van der Waals surface area contributed by atoms with Crippen molar-refractivity contribution in [2.45, 2.75) is 80.1 Å². The summed E-state index contributed by atoms with van der Waals surface area (Å²) in [4.78, 5) is 10.1. The van der Waals surface area contributed by atoms with Crippen LogP contribution in [0.5, 0.6) is 0 Å². The fraction of sp³-hybridized carbons (Fsp3) is 0.909. The van der Waals surface area contributed by atoms with Crippen molar-refractivity contribution >= 4 is 11.4 Å². The minimum Gasteiger partial charge on any atom is -0.292 e. The summed E-state index contributed by atoms with van der Waals surface area (Å²) in [5.74, 6) is 1.72. The van der Waals surface area contributed by atoms with Crippen LogP contribution in [0.25, 0.3) is 0 Å². The Morgan fingerprint density at radius 2 is 1.08 bits per heavy atom. The molecule has 4 atom stereocenters. The van der Waals surface area contributed by atoms with Gasteiger partial charge in [0.2, 0.25) is 0 Å². The quantitative estimate of drug-likeness (QED) is 0.606. The van der Waals surface area contributed by atoms with Crippen LogP contribution in [0.1, 0.15) is 80.1 Å². The van der Waals surface area contributed by atoms with E-state index in [4.69, 9.17) is 9.98 Å². The largest absolute Gasteiger partial charge is 0.292 e. The summed E-state index contributed by atoms with van der Waals surface area (Å²) in [7, 11) is 0. The van der Waals surface area contributed by atoms with Gasteiger partial charge in [0.15, 0.2) is 0 Å². The van der Waals surface area contributed by atoms with Crippen LogP contribution in [-0.4, -0.2) is 24.5 Å². The summed E-state index contributed by atoms with van der Waals surface area (Å²) in [5.41, 5.74) is 4.60. The van der Waals surface area contributed by atoms with Crippen LogP contribution in [0.2, 0.25) is 0 Å². The lowest BCUT2D eigenvalue weighted by atomic mass is 9.70. The summed E-state index contributed by atoms with van der Waals surface area (Å²) in [6.45, 7) is 16.6. The normalized spacial score (nSPS) is 48.1. The lowest BCUT2D eigenvalue weighted by Crippen LogP contribution is -2.33. The van der Waals surface area contributed by atoms with Gasteiger partial charge in [0.25, 0.3) is 0 Å². The second-order valence-corrected chi connectivity index (χ2v) is 10.6. The Morgan fingerprint density at radius 1 is 0.708 bits per heavy atom. The maximum atomic E-state index is 5.06. The van der Waals surface area contributed by atoms with E-state index in [2.05, 4.69) is 41.5 Å². The highest BCUT2D eigenvalue weighted by molar-refractivity contribution is 5.95. The van der Waals surface area contributed by atoms with E-state index in [1.807, 2.05) is 0 Å². The maximum Gasteiger partial charge on any atom is 0.0584 e. The third-order valence-electron chi connectivity index (χ3n) is 9.73. The first-order chi connectivity index (χ1) is 11.1. The van der Waals surface area contributed by atoms with Gasteiger partial charge in [-0.2, -0.15) is 0 Å². The summed E-state index contributed by atoms with van der Waals surface area (Å²) in [6.07, 6.45) is 7.97. The predicted molar refractivity (Wildman–Crippen MR) is 103 cm³/mol. The molecule has 0 heterocycles. The van der Waals surface area contributed by atoms with E-state index in [1.165, 1.54) is 49.9 Å². The molecule has 0 N–H and O–H groups in total. The first kappa shape index (κ1) is 16.8. The maximum absolute atomic E-state index is 5.06. The molecule has 4 aliphatic rings. The van der Waals surface area contributed by atoms with Gasteiger partial charge in [-0.25, -0.2) is 0 Å². The molecular formula is C22H36N2. The summed E-state index contributed by atoms with van der Waals surface area (Å²) in [5, 5.41) is 0. The van der Waals surface area contributed by atoms with Crippen LogP contribution in [0.15, 0.2) is 9.98 Å². The predicted octanol–water partition coefficient (Wildman–Crippen LogP) is 5.56. The molecule has 0 aromatic carbocycles. The highest BCUT2D eigenvalue weighted by Gasteiger charge is 2.60. The van der Waals surface area contributed by atoms with Crippen LogP contribution in [0.3, 0.4) is 0 Å². The van der Waals surface area contributed by atoms with Crippen molar-refractivity contribution in [3.05, 3.63) is 0 Å². The molecule has 134 valence electrons. The second kappa shape index (κ2) is 4.95. The van der Waals surface area contributed by atoms with Crippen molar-refractivity contribution in [3.8, 4) is 0 Å². The molecule has 2 nitrogen and oxygen atoms in total. The zero-order valence-electron chi connectivity index (χ0n) is 16.7. The first-order valence-electron chi connectivity index (χ1n) is 10.2. The fourth-order valence-corrected chi connectivity index (χ4v) is 6.70. The minimum atomic E-state index is 0.352. The van der Waals surface area contributed by atoms with Gasteiger partial charge in [-0.15, -0.1) is 0 Å². The highest BCUT2D eigenvalue weighted by atomic mass is 14.9. The number of aliphatic imine (C=N–C) groups is 2. The lowest BCUT2D eigenvalue weighted by molar-refractivity contribution is 0.193. The molecule has 0 aromatic heterocycles. The van der Waals surface area contributed by atoms with Crippen molar-refractivity contribution < 1.29 is 0 Å². The van der Waals surface area contributed by atoms with Crippen molar-refractivity contribution in [2.75, 3.05) is 13.1 Å². The van der Waals surface area contributed by atoms with Gasteiger partial charge >= 0.3 is 0 Å². The lowest BCUT2D eigenvalue weighted by Gasteiger charge is -2.35. The minimum absolute atomic E-state index is 0.352. The Morgan fingerprint density at radius 3 is 1.33 bits per heavy atom. The summed E-state index contributed by atoms with van der Waals surface area (Å²) in [6, 6.07) is 0. The van der Waals surface area contributed by atoms with Crippen molar-refractivity contribution in [2.24, 2.45) is 43.5 Å². The number of hydrogen-bond acceptors (Lipinski definition) is 2. The molecule has 4 rings (SSSR count). The number of rotatable bonds is 3.